The van der Waals surface area contributed by atoms with Crippen LogP contribution in [0.25, 0.3) is 0 Å². The van der Waals surface area contributed by atoms with Crippen LogP contribution in [0.5, 0.6) is 0 Å². The molecule has 0 spiro atoms. The third-order valence-electron chi connectivity index (χ3n) is 4.68. The van der Waals surface area contributed by atoms with E-state index in [1.54, 1.807) is 0 Å². The molecule has 0 unspecified atom stereocenters. The predicted molar refractivity (Wildman–Crippen MR) is 92.9 cm³/mol. The van der Waals surface area contributed by atoms with Gasteiger partial charge >= 0.3 is 0 Å². The van der Waals surface area contributed by atoms with Gasteiger partial charge in [0.15, 0.2) is 0 Å². The van der Waals surface area contributed by atoms with Gasteiger partial charge in [0.2, 0.25) is 5.91 Å². The van der Waals surface area contributed by atoms with Crippen molar-refractivity contribution < 1.29 is 4.79 Å². The van der Waals surface area contributed by atoms with Crippen LogP contribution in [0.1, 0.15) is 76.2 Å². The van der Waals surface area contributed by atoms with Crippen LogP contribution < -0.4 is 5.32 Å². The Morgan fingerprint density at radius 2 is 1.32 bits per heavy atom. The van der Waals surface area contributed by atoms with Crippen molar-refractivity contribution in [3.63, 3.8) is 0 Å². The number of rotatable bonds is 3. The van der Waals surface area contributed by atoms with E-state index in [9.17, 15) is 4.79 Å². The van der Waals surface area contributed by atoms with Crippen molar-refractivity contribution >= 4 is 5.91 Å². The zero-order valence-corrected chi connectivity index (χ0v) is 13.9. The fourth-order valence-corrected chi connectivity index (χ4v) is 3.37. The molecule has 1 saturated carbocycles. The number of benzene rings is 1. The van der Waals surface area contributed by atoms with E-state index in [-0.39, 0.29) is 5.91 Å². The maximum absolute atomic E-state index is 12.2. The number of hydrogen-bond donors (Lipinski definition) is 1. The summed E-state index contributed by atoms with van der Waals surface area (Å²) in [5.74, 6) is 0.184. The van der Waals surface area contributed by atoms with Crippen molar-refractivity contribution in [3.8, 4) is 0 Å². The van der Waals surface area contributed by atoms with Crippen molar-refractivity contribution in [3.05, 3.63) is 35.9 Å². The minimum absolute atomic E-state index is 0.184. The van der Waals surface area contributed by atoms with Crippen LogP contribution in [0.4, 0.5) is 0 Å². The molecule has 0 atom stereocenters. The van der Waals surface area contributed by atoms with Crippen molar-refractivity contribution in [2.45, 2.75) is 83.1 Å². The van der Waals surface area contributed by atoms with E-state index in [0.717, 1.165) is 18.4 Å². The minimum atomic E-state index is 0.184. The van der Waals surface area contributed by atoms with Crippen LogP contribution >= 0.6 is 0 Å². The molecule has 1 aromatic carbocycles. The minimum Gasteiger partial charge on any atom is -0.353 e. The van der Waals surface area contributed by atoms with E-state index in [1.165, 1.54) is 57.8 Å². The molecule has 1 aromatic rings. The van der Waals surface area contributed by atoms with E-state index in [1.807, 2.05) is 30.3 Å². The summed E-state index contributed by atoms with van der Waals surface area (Å²) < 4.78 is 0. The highest BCUT2D eigenvalue weighted by molar-refractivity contribution is 5.78. The summed E-state index contributed by atoms with van der Waals surface area (Å²) in [6, 6.07) is 10.4. The van der Waals surface area contributed by atoms with Crippen LogP contribution in [0, 0.1) is 0 Å². The van der Waals surface area contributed by atoms with E-state index >= 15 is 0 Å². The number of nitrogens with one attached hydrogen (secondary N) is 1. The van der Waals surface area contributed by atoms with Crippen LogP contribution in [-0.4, -0.2) is 11.9 Å². The summed E-state index contributed by atoms with van der Waals surface area (Å²) in [7, 11) is 0. The Balaban J connectivity index is 1.77. The smallest absolute Gasteiger partial charge is 0.224 e. The van der Waals surface area contributed by atoms with Crippen LogP contribution in [0.15, 0.2) is 30.3 Å². The van der Waals surface area contributed by atoms with Crippen LogP contribution in [-0.2, 0) is 11.2 Å². The molecular formula is C20H31NO. The summed E-state index contributed by atoms with van der Waals surface area (Å²) in [4.78, 5) is 12.2. The van der Waals surface area contributed by atoms with Crippen molar-refractivity contribution in [1.82, 2.24) is 5.32 Å². The first-order valence-corrected chi connectivity index (χ1v) is 9.18. The second kappa shape index (κ2) is 10.4. The topological polar surface area (TPSA) is 29.1 Å². The Kier molecular flexibility index (Phi) is 8.08. The first-order chi connectivity index (χ1) is 10.8. The normalized spacial score (nSPS) is 18.9. The molecule has 0 radical (unpaired) electrons. The number of carbonyl (C=O) groups is 1. The average Bonchev–Trinajstić information content (AvgIpc) is 2.51. The first kappa shape index (κ1) is 17.1. The van der Waals surface area contributed by atoms with Gasteiger partial charge in [-0.3, -0.25) is 4.79 Å². The van der Waals surface area contributed by atoms with Crippen molar-refractivity contribution in [2.75, 3.05) is 0 Å². The Hall–Kier alpha value is -1.31. The molecule has 2 heteroatoms. The van der Waals surface area contributed by atoms with Gasteiger partial charge in [0, 0.05) is 6.04 Å². The van der Waals surface area contributed by atoms with Crippen LogP contribution in [0.2, 0.25) is 0 Å². The summed E-state index contributed by atoms with van der Waals surface area (Å²) >= 11 is 0. The lowest BCUT2D eigenvalue weighted by Crippen LogP contribution is -2.35. The van der Waals surface area contributed by atoms with E-state index in [0.29, 0.717) is 12.5 Å². The molecule has 1 aliphatic rings. The molecule has 0 aliphatic heterocycles. The molecule has 1 fully saturated rings. The molecule has 0 heterocycles. The van der Waals surface area contributed by atoms with Gasteiger partial charge in [-0.05, 0) is 18.4 Å². The lowest BCUT2D eigenvalue weighted by Gasteiger charge is -2.19. The Labute approximate surface area is 135 Å². The van der Waals surface area contributed by atoms with E-state index in [2.05, 4.69) is 5.32 Å². The molecule has 1 amide bonds. The standard InChI is InChI=1S/C20H31NO/c22-20(17-18-13-9-8-10-14-18)21-19-15-11-6-4-2-1-3-5-7-12-16-19/h8-10,13-14,19H,1-7,11-12,15-17H2,(H,21,22). The van der Waals surface area contributed by atoms with Gasteiger partial charge in [0.05, 0.1) is 6.42 Å². The lowest BCUT2D eigenvalue weighted by atomic mass is 9.97. The third-order valence-corrected chi connectivity index (χ3v) is 4.68. The van der Waals surface area contributed by atoms with Gasteiger partial charge in [-0.15, -0.1) is 0 Å². The monoisotopic (exact) mass is 301 g/mol. The number of carbonyl (C=O) groups excluding carboxylic acids is 1. The van der Waals surface area contributed by atoms with Gasteiger partial charge < -0.3 is 5.32 Å². The summed E-state index contributed by atoms with van der Waals surface area (Å²) in [6.45, 7) is 0. The van der Waals surface area contributed by atoms with Gasteiger partial charge in [0.1, 0.15) is 0 Å². The molecule has 1 aliphatic carbocycles. The van der Waals surface area contributed by atoms with Crippen LogP contribution in [0.3, 0.4) is 0 Å². The van der Waals surface area contributed by atoms with Gasteiger partial charge in [-0.1, -0.05) is 88.1 Å². The fourth-order valence-electron chi connectivity index (χ4n) is 3.37. The molecule has 22 heavy (non-hydrogen) atoms. The molecular weight excluding hydrogens is 270 g/mol. The predicted octanol–water partition coefficient (Wildman–Crippen LogP) is 5.02. The molecule has 122 valence electrons. The van der Waals surface area contributed by atoms with E-state index in [4.69, 9.17) is 0 Å². The number of amides is 1. The highest BCUT2D eigenvalue weighted by atomic mass is 16.1. The Bertz CT molecular complexity index is 403. The summed E-state index contributed by atoms with van der Waals surface area (Å²) in [5.41, 5.74) is 1.10. The van der Waals surface area contributed by atoms with Gasteiger partial charge in [-0.25, -0.2) is 0 Å². The summed E-state index contributed by atoms with van der Waals surface area (Å²) in [5, 5.41) is 3.28. The first-order valence-electron chi connectivity index (χ1n) is 9.18. The maximum Gasteiger partial charge on any atom is 0.224 e. The largest absolute Gasteiger partial charge is 0.353 e. The third kappa shape index (κ3) is 7.11. The maximum atomic E-state index is 12.2. The molecule has 0 bridgehead atoms. The highest BCUT2D eigenvalue weighted by Crippen LogP contribution is 2.17. The molecule has 1 N–H and O–H groups in total. The zero-order valence-electron chi connectivity index (χ0n) is 13.9. The second-order valence-electron chi connectivity index (χ2n) is 6.69. The lowest BCUT2D eigenvalue weighted by molar-refractivity contribution is -0.121. The van der Waals surface area contributed by atoms with Gasteiger partial charge in [-0.2, -0.15) is 0 Å². The fraction of sp³-hybridized carbons (Fsp3) is 0.650. The number of hydrogen-bond acceptors (Lipinski definition) is 1. The average molecular weight is 301 g/mol. The van der Waals surface area contributed by atoms with Crippen molar-refractivity contribution in [1.29, 1.82) is 0 Å². The Morgan fingerprint density at radius 1 is 0.818 bits per heavy atom. The molecule has 0 saturated heterocycles. The molecule has 0 aromatic heterocycles. The van der Waals surface area contributed by atoms with E-state index < -0.39 is 0 Å². The second-order valence-corrected chi connectivity index (χ2v) is 6.69. The molecule has 2 rings (SSSR count). The molecule has 2 nitrogen and oxygen atoms in total. The summed E-state index contributed by atoms with van der Waals surface area (Å²) in [6.07, 6.45) is 14.9. The quantitative estimate of drug-likeness (QED) is 0.834. The Morgan fingerprint density at radius 3 is 1.86 bits per heavy atom. The highest BCUT2D eigenvalue weighted by Gasteiger charge is 2.13. The SMILES string of the molecule is O=C(Cc1ccccc1)NC1CCCCCCCCCCC1. The van der Waals surface area contributed by atoms with Gasteiger partial charge in [0.25, 0.3) is 0 Å². The van der Waals surface area contributed by atoms with Crippen molar-refractivity contribution in [2.24, 2.45) is 0 Å². The zero-order chi connectivity index (χ0) is 15.5.